The van der Waals surface area contributed by atoms with Crippen molar-refractivity contribution in [2.75, 3.05) is 0 Å². The standard InChI is InChI=1S/C22H19N5OS/c1-16-20(29-22(25-16)19-10-6-3-7-11-19)21(28)26-23-12-18-13-24-27(15-18)14-17-8-4-2-5-9-17/h2-13,15H,14H2,1H3,(H,26,28)/b23-12-. The maximum absolute atomic E-state index is 12.5. The number of aromatic nitrogens is 3. The molecule has 0 aliphatic rings. The molecule has 4 aromatic rings. The van der Waals surface area contributed by atoms with Crippen LogP contribution in [0, 0.1) is 6.92 Å². The number of carbonyl (C=O) groups excluding carboxylic acids is 1. The Labute approximate surface area is 172 Å². The zero-order valence-electron chi connectivity index (χ0n) is 15.8. The lowest BCUT2D eigenvalue weighted by molar-refractivity contribution is 0.0958. The van der Waals surface area contributed by atoms with Gasteiger partial charge in [-0.15, -0.1) is 11.3 Å². The van der Waals surface area contributed by atoms with Crippen molar-refractivity contribution < 1.29 is 4.79 Å². The first-order valence-electron chi connectivity index (χ1n) is 9.11. The van der Waals surface area contributed by atoms with E-state index >= 15 is 0 Å². The molecule has 0 atom stereocenters. The predicted octanol–water partition coefficient (Wildman–Crippen LogP) is 4.13. The second kappa shape index (κ2) is 8.62. The second-order valence-corrected chi connectivity index (χ2v) is 7.45. The maximum Gasteiger partial charge on any atom is 0.283 e. The van der Waals surface area contributed by atoms with Crippen LogP contribution in [-0.4, -0.2) is 26.9 Å². The lowest BCUT2D eigenvalue weighted by Gasteiger charge is -2.00. The molecule has 0 aliphatic heterocycles. The molecule has 144 valence electrons. The smallest absolute Gasteiger partial charge is 0.268 e. The van der Waals surface area contributed by atoms with E-state index in [0.29, 0.717) is 17.1 Å². The number of rotatable bonds is 6. The lowest BCUT2D eigenvalue weighted by atomic mass is 10.2. The van der Waals surface area contributed by atoms with Gasteiger partial charge in [-0.2, -0.15) is 10.2 Å². The number of aryl methyl sites for hydroxylation is 1. The van der Waals surface area contributed by atoms with Gasteiger partial charge in [0.1, 0.15) is 9.88 Å². The molecule has 2 heterocycles. The summed E-state index contributed by atoms with van der Waals surface area (Å²) in [6.07, 6.45) is 5.18. The summed E-state index contributed by atoms with van der Waals surface area (Å²) in [6.45, 7) is 2.51. The molecule has 0 saturated heterocycles. The summed E-state index contributed by atoms with van der Waals surface area (Å²) in [7, 11) is 0. The molecule has 0 radical (unpaired) electrons. The molecule has 0 saturated carbocycles. The van der Waals surface area contributed by atoms with Gasteiger partial charge < -0.3 is 0 Å². The van der Waals surface area contributed by atoms with Gasteiger partial charge in [0.05, 0.1) is 24.7 Å². The van der Waals surface area contributed by atoms with E-state index in [1.807, 2.05) is 66.3 Å². The van der Waals surface area contributed by atoms with Crippen LogP contribution >= 0.6 is 11.3 Å². The number of hydrazone groups is 1. The molecular formula is C22H19N5OS. The first kappa shape index (κ1) is 18.8. The van der Waals surface area contributed by atoms with Crippen molar-refractivity contribution in [3.63, 3.8) is 0 Å². The fraction of sp³-hybridized carbons (Fsp3) is 0.0909. The summed E-state index contributed by atoms with van der Waals surface area (Å²) in [6, 6.07) is 19.9. The summed E-state index contributed by atoms with van der Waals surface area (Å²) in [4.78, 5) is 17.5. The highest BCUT2D eigenvalue weighted by atomic mass is 32.1. The zero-order chi connectivity index (χ0) is 20.1. The van der Waals surface area contributed by atoms with E-state index in [9.17, 15) is 4.79 Å². The lowest BCUT2D eigenvalue weighted by Crippen LogP contribution is -2.17. The molecule has 0 unspecified atom stereocenters. The van der Waals surface area contributed by atoms with E-state index in [1.165, 1.54) is 16.9 Å². The van der Waals surface area contributed by atoms with Gasteiger partial charge in [0.2, 0.25) is 0 Å². The van der Waals surface area contributed by atoms with Crippen molar-refractivity contribution in [2.45, 2.75) is 13.5 Å². The van der Waals surface area contributed by atoms with Gasteiger partial charge >= 0.3 is 0 Å². The first-order chi connectivity index (χ1) is 14.2. The number of nitrogens with zero attached hydrogens (tertiary/aromatic N) is 4. The van der Waals surface area contributed by atoms with E-state index in [2.05, 4.69) is 32.7 Å². The minimum Gasteiger partial charge on any atom is -0.268 e. The van der Waals surface area contributed by atoms with Gasteiger partial charge in [-0.3, -0.25) is 9.48 Å². The van der Waals surface area contributed by atoms with Crippen molar-refractivity contribution in [3.8, 4) is 10.6 Å². The number of hydrogen-bond donors (Lipinski definition) is 1. The third-order valence-electron chi connectivity index (χ3n) is 4.24. The van der Waals surface area contributed by atoms with E-state index in [-0.39, 0.29) is 5.91 Å². The molecule has 4 rings (SSSR count). The average molecular weight is 401 g/mol. The molecule has 0 spiro atoms. The highest BCUT2D eigenvalue weighted by Crippen LogP contribution is 2.27. The van der Waals surface area contributed by atoms with Crippen LogP contribution in [0.15, 0.2) is 78.2 Å². The molecule has 2 aromatic carbocycles. The predicted molar refractivity (Wildman–Crippen MR) is 115 cm³/mol. The second-order valence-electron chi connectivity index (χ2n) is 6.46. The Bertz CT molecular complexity index is 1130. The number of amides is 1. The van der Waals surface area contributed by atoms with E-state index in [4.69, 9.17) is 0 Å². The topological polar surface area (TPSA) is 72.2 Å². The molecule has 1 amide bonds. The van der Waals surface area contributed by atoms with E-state index in [0.717, 1.165) is 16.1 Å². The van der Waals surface area contributed by atoms with Crippen LogP contribution in [0.3, 0.4) is 0 Å². The Morgan fingerprint density at radius 3 is 2.62 bits per heavy atom. The van der Waals surface area contributed by atoms with Crippen LogP contribution in [0.5, 0.6) is 0 Å². The molecule has 29 heavy (non-hydrogen) atoms. The molecule has 6 nitrogen and oxygen atoms in total. The van der Waals surface area contributed by atoms with Gasteiger partial charge in [-0.25, -0.2) is 10.4 Å². The summed E-state index contributed by atoms with van der Waals surface area (Å²) in [5, 5.41) is 9.20. The van der Waals surface area contributed by atoms with Crippen LogP contribution in [-0.2, 0) is 6.54 Å². The Balaban J connectivity index is 1.39. The van der Waals surface area contributed by atoms with Crippen LogP contribution in [0.1, 0.15) is 26.5 Å². The minimum absolute atomic E-state index is 0.268. The molecule has 0 fully saturated rings. The monoisotopic (exact) mass is 401 g/mol. The highest BCUT2D eigenvalue weighted by molar-refractivity contribution is 7.17. The van der Waals surface area contributed by atoms with Crippen LogP contribution in [0.2, 0.25) is 0 Å². The summed E-state index contributed by atoms with van der Waals surface area (Å²) in [5.41, 5.74) is 6.24. The van der Waals surface area contributed by atoms with Crippen LogP contribution < -0.4 is 5.43 Å². The number of benzene rings is 2. The van der Waals surface area contributed by atoms with Crippen molar-refractivity contribution in [2.24, 2.45) is 5.10 Å². The highest BCUT2D eigenvalue weighted by Gasteiger charge is 2.15. The van der Waals surface area contributed by atoms with Crippen molar-refractivity contribution in [1.29, 1.82) is 0 Å². The molecule has 1 N–H and O–H groups in total. The molecule has 0 bridgehead atoms. The number of nitrogens with one attached hydrogen (secondary N) is 1. The zero-order valence-corrected chi connectivity index (χ0v) is 16.6. The first-order valence-corrected chi connectivity index (χ1v) is 9.93. The normalized spacial score (nSPS) is 11.1. The average Bonchev–Trinajstić information content (AvgIpc) is 3.36. The largest absolute Gasteiger partial charge is 0.283 e. The summed E-state index contributed by atoms with van der Waals surface area (Å²) in [5.74, 6) is -0.268. The molecule has 2 aromatic heterocycles. The molecule has 7 heteroatoms. The number of thiazole rings is 1. The third kappa shape index (κ3) is 4.64. The van der Waals surface area contributed by atoms with Crippen LogP contribution in [0.4, 0.5) is 0 Å². The maximum atomic E-state index is 12.5. The summed E-state index contributed by atoms with van der Waals surface area (Å²) < 4.78 is 1.83. The van der Waals surface area contributed by atoms with Gasteiger partial charge in [-0.05, 0) is 12.5 Å². The van der Waals surface area contributed by atoms with Gasteiger partial charge in [0, 0.05) is 17.3 Å². The Morgan fingerprint density at radius 1 is 1.14 bits per heavy atom. The van der Waals surface area contributed by atoms with Crippen molar-refractivity contribution >= 4 is 23.5 Å². The van der Waals surface area contributed by atoms with Crippen molar-refractivity contribution in [3.05, 3.63) is 94.8 Å². The molecule has 0 aliphatic carbocycles. The molecular weight excluding hydrogens is 382 g/mol. The summed E-state index contributed by atoms with van der Waals surface area (Å²) >= 11 is 1.36. The van der Waals surface area contributed by atoms with Gasteiger partial charge in [-0.1, -0.05) is 60.7 Å². The van der Waals surface area contributed by atoms with Gasteiger partial charge in [0.25, 0.3) is 5.91 Å². The van der Waals surface area contributed by atoms with Crippen LogP contribution in [0.25, 0.3) is 10.6 Å². The SMILES string of the molecule is Cc1nc(-c2ccccc2)sc1C(=O)N/N=C\c1cnn(Cc2ccccc2)c1. The Kier molecular flexibility index (Phi) is 5.58. The Hall–Kier alpha value is -3.58. The fourth-order valence-corrected chi connectivity index (χ4v) is 3.79. The minimum atomic E-state index is -0.268. The van der Waals surface area contributed by atoms with Gasteiger partial charge in [0.15, 0.2) is 0 Å². The quantitative estimate of drug-likeness (QED) is 0.390. The van der Waals surface area contributed by atoms with Crippen molar-refractivity contribution in [1.82, 2.24) is 20.2 Å². The Morgan fingerprint density at radius 2 is 1.86 bits per heavy atom. The third-order valence-corrected chi connectivity index (χ3v) is 5.45. The van der Waals surface area contributed by atoms with E-state index in [1.54, 1.807) is 12.4 Å². The van der Waals surface area contributed by atoms with E-state index < -0.39 is 0 Å². The fourth-order valence-electron chi connectivity index (χ4n) is 2.83. The number of carbonyl (C=O) groups is 1. The number of hydrogen-bond acceptors (Lipinski definition) is 5.